The Balaban J connectivity index is 3.93. The molecule has 0 saturated heterocycles. The van der Waals surface area contributed by atoms with Crippen LogP contribution in [-0.4, -0.2) is 52.0 Å². The summed E-state index contributed by atoms with van der Waals surface area (Å²) in [7, 11) is 1.69. The van der Waals surface area contributed by atoms with Gasteiger partial charge in [-0.3, -0.25) is 4.99 Å². The van der Waals surface area contributed by atoms with E-state index in [1.54, 1.807) is 7.11 Å². The number of ether oxygens (including phenoxy) is 2. The molecule has 0 bridgehead atoms. The number of rotatable bonds is 8. The van der Waals surface area contributed by atoms with E-state index in [1.165, 1.54) is 0 Å². The molecule has 1 atom stereocenters. The predicted molar refractivity (Wildman–Crippen MR) is 66.9 cm³/mol. The third-order valence-corrected chi connectivity index (χ3v) is 1.85. The van der Waals surface area contributed by atoms with Crippen molar-refractivity contribution in [3.05, 3.63) is 0 Å². The maximum atomic E-state index is 5.23. The molecule has 0 aromatic heterocycles. The van der Waals surface area contributed by atoms with Gasteiger partial charge in [0.15, 0.2) is 5.96 Å². The first kappa shape index (κ1) is 15.2. The number of hydrogen-bond acceptors (Lipinski definition) is 3. The third-order valence-electron chi connectivity index (χ3n) is 1.85. The predicted octanol–water partition coefficient (Wildman–Crippen LogP) is 0.613. The van der Waals surface area contributed by atoms with E-state index in [9.17, 15) is 0 Å². The fraction of sp³-hybridized carbons (Fsp3) is 0.909. The molecule has 0 aliphatic rings. The van der Waals surface area contributed by atoms with Gasteiger partial charge in [-0.25, -0.2) is 0 Å². The highest BCUT2D eigenvalue weighted by atomic mass is 16.5. The minimum Gasteiger partial charge on any atom is -0.383 e. The van der Waals surface area contributed by atoms with E-state index in [-0.39, 0.29) is 6.04 Å². The van der Waals surface area contributed by atoms with Crippen LogP contribution in [0.5, 0.6) is 0 Å². The van der Waals surface area contributed by atoms with Crippen molar-refractivity contribution in [3.8, 4) is 0 Å². The number of methoxy groups -OCH3 is 1. The normalized spacial score (nSPS) is 13.6. The van der Waals surface area contributed by atoms with Crippen molar-refractivity contribution < 1.29 is 9.47 Å². The van der Waals surface area contributed by atoms with Crippen molar-refractivity contribution >= 4 is 5.96 Å². The summed E-state index contributed by atoms with van der Waals surface area (Å²) in [5.41, 5.74) is 0. The third kappa shape index (κ3) is 8.49. The second kappa shape index (κ2) is 10.7. The molecule has 0 aromatic carbocycles. The molecule has 2 N–H and O–H groups in total. The monoisotopic (exact) mass is 231 g/mol. The molecule has 5 heteroatoms. The number of hydrogen-bond donors (Lipinski definition) is 2. The topological polar surface area (TPSA) is 54.9 Å². The van der Waals surface area contributed by atoms with E-state index in [0.717, 1.165) is 19.1 Å². The molecule has 5 nitrogen and oxygen atoms in total. The van der Waals surface area contributed by atoms with Crippen molar-refractivity contribution in [1.29, 1.82) is 0 Å². The average molecular weight is 231 g/mol. The second-order valence-corrected chi connectivity index (χ2v) is 3.46. The zero-order chi connectivity index (χ0) is 12.2. The first-order chi connectivity index (χ1) is 7.74. The molecule has 16 heavy (non-hydrogen) atoms. The van der Waals surface area contributed by atoms with Crippen LogP contribution in [0.3, 0.4) is 0 Å². The Hall–Kier alpha value is -0.810. The van der Waals surface area contributed by atoms with Crippen LogP contribution in [0.2, 0.25) is 0 Å². The average Bonchev–Trinajstić information content (AvgIpc) is 2.25. The lowest BCUT2D eigenvalue weighted by molar-refractivity contribution is 0.155. The van der Waals surface area contributed by atoms with E-state index >= 15 is 0 Å². The smallest absolute Gasteiger partial charge is 0.191 e. The Labute approximate surface area is 98.6 Å². The molecular weight excluding hydrogens is 206 g/mol. The number of guanidine groups is 1. The van der Waals surface area contributed by atoms with Crippen LogP contribution in [-0.2, 0) is 9.47 Å². The zero-order valence-electron chi connectivity index (χ0n) is 10.9. The SMILES string of the molecule is CCNC(=NCCOCC)NC(C)COC. The second-order valence-electron chi connectivity index (χ2n) is 3.46. The lowest BCUT2D eigenvalue weighted by Gasteiger charge is -2.16. The fourth-order valence-corrected chi connectivity index (χ4v) is 1.21. The first-order valence-electron chi connectivity index (χ1n) is 5.86. The highest BCUT2D eigenvalue weighted by molar-refractivity contribution is 5.80. The quantitative estimate of drug-likeness (QED) is 0.365. The molecule has 0 saturated carbocycles. The van der Waals surface area contributed by atoms with Gasteiger partial charge in [-0.15, -0.1) is 0 Å². The van der Waals surface area contributed by atoms with Crippen LogP contribution in [0.4, 0.5) is 0 Å². The van der Waals surface area contributed by atoms with Gasteiger partial charge < -0.3 is 20.1 Å². The number of nitrogens with one attached hydrogen (secondary N) is 2. The summed E-state index contributed by atoms with van der Waals surface area (Å²) in [5, 5.41) is 6.43. The van der Waals surface area contributed by atoms with Gasteiger partial charge in [0, 0.05) is 26.3 Å². The van der Waals surface area contributed by atoms with E-state index in [1.807, 2.05) is 13.8 Å². The molecule has 0 aliphatic carbocycles. The molecule has 0 radical (unpaired) electrons. The summed E-state index contributed by atoms with van der Waals surface area (Å²) < 4.78 is 10.3. The molecule has 96 valence electrons. The maximum Gasteiger partial charge on any atom is 0.191 e. The lowest BCUT2D eigenvalue weighted by Crippen LogP contribution is -2.44. The zero-order valence-corrected chi connectivity index (χ0v) is 10.9. The van der Waals surface area contributed by atoms with Gasteiger partial charge in [-0.05, 0) is 20.8 Å². The summed E-state index contributed by atoms with van der Waals surface area (Å²) in [6, 6.07) is 0.245. The van der Waals surface area contributed by atoms with Gasteiger partial charge in [0.1, 0.15) is 0 Å². The van der Waals surface area contributed by atoms with Gasteiger partial charge in [0.25, 0.3) is 0 Å². The van der Waals surface area contributed by atoms with Crippen LogP contribution in [0, 0.1) is 0 Å². The minimum absolute atomic E-state index is 0.245. The Kier molecular flexibility index (Phi) is 10.2. The summed E-state index contributed by atoms with van der Waals surface area (Å²) in [5.74, 6) is 0.812. The van der Waals surface area contributed by atoms with E-state index in [2.05, 4.69) is 22.5 Å². The van der Waals surface area contributed by atoms with Gasteiger partial charge in [-0.2, -0.15) is 0 Å². The molecule has 0 heterocycles. The van der Waals surface area contributed by atoms with E-state index in [4.69, 9.17) is 9.47 Å². The van der Waals surface area contributed by atoms with Crippen LogP contribution in [0.25, 0.3) is 0 Å². The molecule has 0 fully saturated rings. The highest BCUT2D eigenvalue weighted by Gasteiger charge is 2.03. The first-order valence-corrected chi connectivity index (χ1v) is 5.86. The summed E-state index contributed by atoms with van der Waals surface area (Å²) >= 11 is 0. The van der Waals surface area contributed by atoms with Gasteiger partial charge in [0.2, 0.25) is 0 Å². The molecule has 1 unspecified atom stereocenters. The number of aliphatic imine (C=N–C) groups is 1. The van der Waals surface area contributed by atoms with Gasteiger partial charge in [0.05, 0.1) is 19.8 Å². The van der Waals surface area contributed by atoms with Gasteiger partial charge in [-0.1, -0.05) is 0 Å². The molecular formula is C11H25N3O2. The van der Waals surface area contributed by atoms with Crippen LogP contribution in [0.1, 0.15) is 20.8 Å². The van der Waals surface area contributed by atoms with Crippen LogP contribution < -0.4 is 10.6 Å². The minimum atomic E-state index is 0.245. The molecule has 0 rings (SSSR count). The van der Waals surface area contributed by atoms with E-state index in [0.29, 0.717) is 19.8 Å². The highest BCUT2D eigenvalue weighted by Crippen LogP contribution is 1.84. The Morgan fingerprint density at radius 3 is 2.69 bits per heavy atom. The van der Waals surface area contributed by atoms with Crippen molar-refractivity contribution in [2.45, 2.75) is 26.8 Å². The summed E-state index contributed by atoms with van der Waals surface area (Å²) in [6.07, 6.45) is 0. The molecule has 0 amide bonds. The summed E-state index contributed by atoms with van der Waals surface area (Å²) in [4.78, 5) is 4.39. The Morgan fingerprint density at radius 2 is 2.12 bits per heavy atom. The Morgan fingerprint density at radius 1 is 1.38 bits per heavy atom. The summed E-state index contributed by atoms with van der Waals surface area (Å²) in [6.45, 7) is 9.65. The fourth-order valence-electron chi connectivity index (χ4n) is 1.21. The molecule has 0 aromatic rings. The van der Waals surface area contributed by atoms with Crippen LogP contribution >= 0.6 is 0 Å². The molecule has 0 aliphatic heterocycles. The van der Waals surface area contributed by atoms with Gasteiger partial charge >= 0.3 is 0 Å². The maximum absolute atomic E-state index is 5.23. The van der Waals surface area contributed by atoms with Crippen molar-refractivity contribution in [3.63, 3.8) is 0 Å². The lowest BCUT2D eigenvalue weighted by atomic mass is 10.4. The largest absolute Gasteiger partial charge is 0.383 e. The van der Waals surface area contributed by atoms with Crippen molar-refractivity contribution in [2.75, 3.05) is 40.0 Å². The van der Waals surface area contributed by atoms with Crippen molar-refractivity contribution in [2.24, 2.45) is 4.99 Å². The molecule has 0 spiro atoms. The standard InChI is InChI=1S/C11H25N3O2/c1-5-12-11(13-7-8-16-6-2)14-10(3)9-15-4/h10H,5-9H2,1-4H3,(H2,12,13,14). The number of nitrogens with zero attached hydrogens (tertiary/aromatic N) is 1. The van der Waals surface area contributed by atoms with Crippen LogP contribution in [0.15, 0.2) is 4.99 Å². The van der Waals surface area contributed by atoms with Crippen molar-refractivity contribution in [1.82, 2.24) is 10.6 Å². The van der Waals surface area contributed by atoms with E-state index < -0.39 is 0 Å². The Bertz CT molecular complexity index is 186.